The number of aromatic nitrogens is 1. The van der Waals surface area contributed by atoms with Crippen molar-refractivity contribution in [2.75, 3.05) is 7.11 Å². The lowest BCUT2D eigenvalue weighted by Gasteiger charge is -2.14. The highest BCUT2D eigenvalue weighted by Crippen LogP contribution is 2.29. The third kappa shape index (κ3) is 2.83. The van der Waals surface area contributed by atoms with Crippen LogP contribution in [0.3, 0.4) is 0 Å². The summed E-state index contributed by atoms with van der Waals surface area (Å²) in [6.45, 7) is 3.94. The van der Waals surface area contributed by atoms with E-state index in [1.807, 2.05) is 44.2 Å². The van der Waals surface area contributed by atoms with Gasteiger partial charge in [-0.25, -0.2) is 4.79 Å². The number of aryl methyl sites for hydroxylation is 1. The Morgan fingerprint density at radius 2 is 1.71 bits per heavy atom. The van der Waals surface area contributed by atoms with Crippen LogP contribution in [0.25, 0.3) is 10.9 Å². The Balaban J connectivity index is 2.11. The molecule has 0 aliphatic carbocycles. The zero-order chi connectivity index (χ0) is 17.1. The van der Waals surface area contributed by atoms with E-state index < -0.39 is 5.97 Å². The Labute approximate surface area is 141 Å². The van der Waals surface area contributed by atoms with Crippen LogP contribution in [0.15, 0.2) is 48.5 Å². The lowest BCUT2D eigenvalue weighted by Crippen LogP contribution is -2.14. The highest BCUT2D eigenvalue weighted by atomic mass is 16.6. The van der Waals surface area contributed by atoms with Gasteiger partial charge < -0.3 is 9.47 Å². The average molecular weight is 321 g/mol. The number of esters is 1. The fourth-order valence-electron chi connectivity index (χ4n) is 2.82. The highest BCUT2D eigenvalue weighted by molar-refractivity contribution is 6.05. The molecule has 0 bridgehead atoms. The van der Waals surface area contributed by atoms with Gasteiger partial charge in [-0.1, -0.05) is 37.3 Å². The largest absolute Gasteiger partial charge is 0.493 e. The maximum atomic E-state index is 12.9. The maximum absolute atomic E-state index is 12.9. The molecule has 122 valence electrons. The van der Waals surface area contributed by atoms with E-state index in [0.29, 0.717) is 17.1 Å². The van der Waals surface area contributed by atoms with Gasteiger partial charge in [-0.3, -0.25) is 4.98 Å². The van der Waals surface area contributed by atoms with Gasteiger partial charge >= 0.3 is 5.97 Å². The Morgan fingerprint density at radius 1 is 1.04 bits per heavy atom. The van der Waals surface area contributed by atoms with Gasteiger partial charge in [0.15, 0.2) is 11.5 Å². The van der Waals surface area contributed by atoms with Crippen LogP contribution in [0.2, 0.25) is 0 Å². The third-order valence-electron chi connectivity index (χ3n) is 4.05. The van der Waals surface area contributed by atoms with Gasteiger partial charge in [-0.2, -0.15) is 0 Å². The Hall–Kier alpha value is -2.88. The number of ether oxygens (including phenoxy) is 2. The van der Waals surface area contributed by atoms with Gasteiger partial charge in [0.2, 0.25) is 0 Å². The number of hydrogen-bond acceptors (Lipinski definition) is 4. The number of methoxy groups -OCH3 is 1. The SMILES string of the molecule is CCc1nc2ccccc2c(C(=O)Oc2ccccc2OC)c1C. The van der Waals surface area contributed by atoms with Crippen LogP contribution in [-0.4, -0.2) is 18.1 Å². The molecule has 3 aromatic rings. The fourth-order valence-corrected chi connectivity index (χ4v) is 2.82. The minimum atomic E-state index is -0.398. The molecule has 0 fully saturated rings. The minimum Gasteiger partial charge on any atom is -0.493 e. The summed E-state index contributed by atoms with van der Waals surface area (Å²) in [6.07, 6.45) is 0.756. The van der Waals surface area contributed by atoms with Crippen LogP contribution >= 0.6 is 0 Å². The van der Waals surface area contributed by atoms with Crippen LogP contribution in [0, 0.1) is 6.92 Å². The molecule has 0 radical (unpaired) electrons. The molecule has 0 aliphatic heterocycles. The minimum absolute atomic E-state index is 0.398. The maximum Gasteiger partial charge on any atom is 0.344 e. The average Bonchev–Trinajstić information content (AvgIpc) is 2.61. The molecular weight excluding hydrogens is 302 g/mol. The van der Waals surface area contributed by atoms with E-state index in [1.54, 1.807) is 25.3 Å². The van der Waals surface area contributed by atoms with E-state index in [2.05, 4.69) is 4.98 Å². The fraction of sp³-hybridized carbons (Fsp3) is 0.200. The summed E-state index contributed by atoms with van der Waals surface area (Å²) < 4.78 is 10.9. The quantitative estimate of drug-likeness (QED) is 0.530. The highest BCUT2D eigenvalue weighted by Gasteiger charge is 2.20. The number of para-hydroxylation sites is 3. The van der Waals surface area contributed by atoms with Gasteiger partial charge in [-0.05, 0) is 37.1 Å². The molecule has 1 aromatic heterocycles. The van der Waals surface area contributed by atoms with E-state index in [0.717, 1.165) is 28.6 Å². The molecular formula is C20H19NO3. The molecule has 0 aliphatic rings. The number of carbonyl (C=O) groups excluding carboxylic acids is 1. The van der Waals surface area contributed by atoms with Crippen LogP contribution < -0.4 is 9.47 Å². The topological polar surface area (TPSA) is 48.4 Å². The first-order valence-electron chi connectivity index (χ1n) is 7.89. The summed E-state index contributed by atoms with van der Waals surface area (Å²) in [6, 6.07) is 14.7. The van der Waals surface area contributed by atoms with Gasteiger partial charge in [0.25, 0.3) is 0 Å². The second kappa shape index (κ2) is 6.71. The zero-order valence-corrected chi connectivity index (χ0v) is 14.0. The molecule has 0 N–H and O–H groups in total. The summed E-state index contributed by atoms with van der Waals surface area (Å²) in [5.74, 6) is 0.534. The Morgan fingerprint density at radius 3 is 2.42 bits per heavy atom. The van der Waals surface area contributed by atoms with Crippen molar-refractivity contribution >= 4 is 16.9 Å². The monoisotopic (exact) mass is 321 g/mol. The van der Waals surface area contributed by atoms with Gasteiger partial charge in [0, 0.05) is 11.1 Å². The van der Waals surface area contributed by atoms with E-state index in [-0.39, 0.29) is 0 Å². The van der Waals surface area contributed by atoms with Crippen LogP contribution in [0.5, 0.6) is 11.5 Å². The van der Waals surface area contributed by atoms with Crippen LogP contribution in [-0.2, 0) is 6.42 Å². The molecule has 3 rings (SSSR count). The van der Waals surface area contributed by atoms with Crippen LogP contribution in [0.4, 0.5) is 0 Å². The van der Waals surface area contributed by atoms with Gasteiger partial charge in [0.05, 0.1) is 18.2 Å². The summed E-state index contributed by atoms with van der Waals surface area (Å²) in [5, 5.41) is 0.798. The first-order chi connectivity index (χ1) is 11.7. The van der Waals surface area contributed by atoms with Crippen molar-refractivity contribution in [1.29, 1.82) is 0 Å². The van der Waals surface area contributed by atoms with Crippen molar-refractivity contribution in [3.8, 4) is 11.5 Å². The third-order valence-corrected chi connectivity index (χ3v) is 4.05. The molecule has 0 saturated heterocycles. The summed E-state index contributed by atoms with van der Waals surface area (Å²) in [4.78, 5) is 17.5. The Kier molecular flexibility index (Phi) is 4.47. The molecule has 0 atom stereocenters. The smallest absolute Gasteiger partial charge is 0.344 e. The van der Waals surface area contributed by atoms with E-state index in [9.17, 15) is 4.79 Å². The molecule has 24 heavy (non-hydrogen) atoms. The molecule has 0 unspecified atom stereocenters. The Bertz CT molecular complexity index is 903. The predicted octanol–water partition coefficient (Wildman–Crippen LogP) is 4.33. The predicted molar refractivity (Wildman–Crippen MR) is 93.8 cm³/mol. The van der Waals surface area contributed by atoms with Crippen molar-refractivity contribution < 1.29 is 14.3 Å². The van der Waals surface area contributed by atoms with E-state index >= 15 is 0 Å². The molecule has 1 heterocycles. The first kappa shape index (κ1) is 16.0. The number of pyridine rings is 1. The normalized spacial score (nSPS) is 10.6. The number of hydrogen-bond donors (Lipinski definition) is 0. The van der Waals surface area contributed by atoms with Crippen LogP contribution in [0.1, 0.15) is 28.5 Å². The molecule has 2 aromatic carbocycles. The summed E-state index contributed by atoms with van der Waals surface area (Å²) in [5.41, 5.74) is 3.12. The van der Waals surface area contributed by atoms with E-state index in [1.165, 1.54) is 0 Å². The second-order valence-corrected chi connectivity index (χ2v) is 5.47. The number of fused-ring (bicyclic) bond motifs is 1. The molecule has 4 heteroatoms. The standard InChI is InChI=1S/C20H19NO3/c1-4-15-13(2)19(14-9-5-6-10-16(14)21-15)20(22)24-18-12-8-7-11-17(18)23-3/h5-12H,4H2,1-3H3. The zero-order valence-electron chi connectivity index (χ0n) is 14.0. The number of benzene rings is 2. The van der Waals surface area contributed by atoms with Crippen molar-refractivity contribution in [1.82, 2.24) is 4.98 Å². The van der Waals surface area contributed by atoms with Gasteiger partial charge in [0.1, 0.15) is 0 Å². The molecule has 4 nitrogen and oxygen atoms in total. The first-order valence-corrected chi connectivity index (χ1v) is 7.89. The van der Waals surface area contributed by atoms with Crippen molar-refractivity contribution in [3.63, 3.8) is 0 Å². The summed E-state index contributed by atoms with van der Waals surface area (Å²) in [7, 11) is 1.55. The number of nitrogens with zero attached hydrogens (tertiary/aromatic N) is 1. The lowest BCUT2D eigenvalue weighted by molar-refractivity contribution is 0.0731. The lowest BCUT2D eigenvalue weighted by atomic mass is 10.0. The van der Waals surface area contributed by atoms with E-state index in [4.69, 9.17) is 9.47 Å². The summed E-state index contributed by atoms with van der Waals surface area (Å²) >= 11 is 0. The molecule has 0 saturated carbocycles. The molecule has 0 spiro atoms. The van der Waals surface area contributed by atoms with Crippen molar-refractivity contribution in [2.45, 2.75) is 20.3 Å². The van der Waals surface area contributed by atoms with Crippen molar-refractivity contribution in [3.05, 3.63) is 65.4 Å². The number of rotatable bonds is 4. The van der Waals surface area contributed by atoms with Crippen molar-refractivity contribution in [2.24, 2.45) is 0 Å². The second-order valence-electron chi connectivity index (χ2n) is 5.47. The molecule has 0 amide bonds. The van der Waals surface area contributed by atoms with Gasteiger partial charge in [-0.15, -0.1) is 0 Å². The number of carbonyl (C=O) groups is 1.